The van der Waals surface area contributed by atoms with E-state index in [1.54, 1.807) is 10.9 Å². The minimum atomic E-state index is -0.868. The van der Waals surface area contributed by atoms with E-state index in [1.165, 1.54) is 0 Å². The molecule has 1 unspecified atom stereocenters. The highest BCUT2D eigenvalue weighted by Gasteiger charge is 2.26. The standard InChI is InChI=1S/C12H19N3O2/c1-3-15-8-10(12(16)17)11(13-15)9-5-4-6-14(2)7-9/h8-9H,3-7H2,1-2H3,(H,16,17). The van der Waals surface area contributed by atoms with Gasteiger partial charge in [0.15, 0.2) is 0 Å². The average molecular weight is 237 g/mol. The number of carbonyl (C=O) groups is 1. The third-order valence-corrected chi connectivity index (χ3v) is 3.36. The average Bonchev–Trinajstić information content (AvgIpc) is 2.73. The van der Waals surface area contributed by atoms with Gasteiger partial charge in [-0.3, -0.25) is 4.68 Å². The molecule has 1 atom stereocenters. The second kappa shape index (κ2) is 4.87. The fourth-order valence-electron chi connectivity index (χ4n) is 2.45. The molecule has 1 fully saturated rings. The Morgan fingerprint density at radius 3 is 3.00 bits per heavy atom. The minimum absolute atomic E-state index is 0.257. The molecule has 2 heterocycles. The summed E-state index contributed by atoms with van der Waals surface area (Å²) in [7, 11) is 2.07. The first kappa shape index (κ1) is 12.1. The monoisotopic (exact) mass is 237 g/mol. The Kier molecular flexibility index (Phi) is 3.47. The van der Waals surface area contributed by atoms with Crippen molar-refractivity contribution >= 4 is 5.97 Å². The molecule has 94 valence electrons. The zero-order valence-electron chi connectivity index (χ0n) is 10.4. The van der Waals surface area contributed by atoms with Crippen molar-refractivity contribution in [1.29, 1.82) is 0 Å². The SMILES string of the molecule is CCn1cc(C(=O)O)c(C2CCCN(C)C2)n1. The van der Waals surface area contributed by atoms with Crippen molar-refractivity contribution in [3.8, 4) is 0 Å². The summed E-state index contributed by atoms with van der Waals surface area (Å²) in [5, 5.41) is 13.6. The molecule has 1 saturated heterocycles. The van der Waals surface area contributed by atoms with Gasteiger partial charge < -0.3 is 10.0 Å². The van der Waals surface area contributed by atoms with E-state index in [2.05, 4.69) is 17.0 Å². The van der Waals surface area contributed by atoms with E-state index in [0.29, 0.717) is 12.1 Å². The van der Waals surface area contributed by atoms with Crippen LogP contribution in [0.4, 0.5) is 0 Å². The molecule has 2 rings (SSSR count). The molecule has 17 heavy (non-hydrogen) atoms. The molecule has 1 N–H and O–H groups in total. The maximum absolute atomic E-state index is 11.2. The van der Waals surface area contributed by atoms with Crippen LogP contribution in [-0.4, -0.2) is 45.9 Å². The predicted octanol–water partition coefficient (Wildman–Crippen LogP) is 1.41. The first-order chi connectivity index (χ1) is 8.11. The van der Waals surface area contributed by atoms with Gasteiger partial charge in [-0.1, -0.05) is 0 Å². The van der Waals surface area contributed by atoms with E-state index >= 15 is 0 Å². The van der Waals surface area contributed by atoms with Crippen LogP contribution in [0, 0.1) is 0 Å². The molecule has 1 aliphatic heterocycles. The summed E-state index contributed by atoms with van der Waals surface area (Å²) in [6.07, 6.45) is 3.79. The zero-order valence-corrected chi connectivity index (χ0v) is 10.4. The number of aryl methyl sites for hydroxylation is 1. The van der Waals surface area contributed by atoms with Gasteiger partial charge in [-0.25, -0.2) is 4.79 Å². The van der Waals surface area contributed by atoms with Crippen molar-refractivity contribution in [3.05, 3.63) is 17.5 Å². The van der Waals surface area contributed by atoms with Gasteiger partial charge in [-0.2, -0.15) is 5.10 Å². The smallest absolute Gasteiger partial charge is 0.339 e. The molecule has 5 nitrogen and oxygen atoms in total. The van der Waals surface area contributed by atoms with Crippen molar-refractivity contribution in [3.63, 3.8) is 0 Å². The number of likely N-dealkylation sites (tertiary alicyclic amines) is 1. The van der Waals surface area contributed by atoms with Crippen LogP contribution in [0.25, 0.3) is 0 Å². The van der Waals surface area contributed by atoms with Crippen LogP contribution in [0.1, 0.15) is 41.7 Å². The van der Waals surface area contributed by atoms with Gasteiger partial charge in [-0.15, -0.1) is 0 Å². The second-order valence-electron chi connectivity index (χ2n) is 4.69. The zero-order chi connectivity index (χ0) is 12.4. The highest BCUT2D eigenvalue weighted by Crippen LogP contribution is 2.27. The summed E-state index contributed by atoms with van der Waals surface area (Å²) in [4.78, 5) is 13.4. The number of carboxylic acids is 1. The molecule has 0 aliphatic carbocycles. The lowest BCUT2D eigenvalue weighted by Crippen LogP contribution is -2.31. The molecule has 0 amide bonds. The summed E-state index contributed by atoms with van der Waals surface area (Å²) < 4.78 is 1.72. The molecule has 0 bridgehead atoms. The van der Waals surface area contributed by atoms with Crippen LogP contribution in [0.15, 0.2) is 6.20 Å². The Balaban J connectivity index is 2.29. The fourth-order valence-corrected chi connectivity index (χ4v) is 2.45. The maximum atomic E-state index is 11.2. The van der Waals surface area contributed by atoms with Crippen molar-refractivity contribution < 1.29 is 9.90 Å². The predicted molar refractivity (Wildman–Crippen MR) is 64.3 cm³/mol. The molecule has 5 heteroatoms. The minimum Gasteiger partial charge on any atom is -0.478 e. The van der Waals surface area contributed by atoms with Gasteiger partial charge in [0.2, 0.25) is 0 Å². The number of likely N-dealkylation sites (N-methyl/N-ethyl adjacent to an activating group) is 1. The lowest BCUT2D eigenvalue weighted by atomic mass is 9.93. The van der Waals surface area contributed by atoms with Gasteiger partial charge in [0.25, 0.3) is 0 Å². The Bertz CT molecular complexity index is 414. The van der Waals surface area contributed by atoms with Gasteiger partial charge >= 0.3 is 5.97 Å². The summed E-state index contributed by atoms with van der Waals surface area (Å²) in [6, 6.07) is 0. The molecule has 0 saturated carbocycles. The number of hydrogen-bond donors (Lipinski definition) is 1. The lowest BCUT2D eigenvalue weighted by molar-refractivity contribution is 0.0694. The Morgan fingerprint density at radius 1 is 1.65 bits per heavy atom. The van der Waals surface area contributed by atoms with Crippen molar-refractivity contribution in [2.24, 2.45) is 0 Å². The molecule has 0 radical (unpaired) electrons. The van der Waals surface area contributed by atoms with E-state index in [9.17, 15) is 9.90 Å². The molecule has 0 aromatic carbocycles. The van der Waals surface area contributed by atoms with Gasteiger partial charge in [0.05, 0.1) is 5.69 Å². The molecular weight excluding hydrogens is 218 g/mol. The number of hydrogen-bond acceptors (Lipinski definition) is 3. The Labute approximate surface area is 101 Å². The quantitative estimate of drug-likeness (QED) is 0.863. The third kappa shape index (κ3) is 2.49. The highest BCUT2D eigenvalue weighted by atomic mass is 16.4. The largest absolute Gasteiger partial charge is 0.478 e. The molecule has 1 aromatic heterocycles. The first-order valence-corrected chi connectivity index (χ1v) is 6.11. The summed E-state index contributed by atoms with van der Waals surface area (Å²) in [5.41, 5.74) is 1.12. The summed E-state index contributed by atoms with van der Waals surface area (Å²) in [5.74, 6) is -0.611. The van der Waals surface area contributed by atoms with Crippen molar-refractivity contribution in [2.75, 3.05) is 20.1 Å². The molecule has 0 spiro atoms. The number of nitrogens with zero attached hydrogens (tertiary/aromatic N) is 3. The Hall–Kier alpha value is -1.36. The fraction of sp³-hybridized carbons (Fsp3) is 0.667. The van der Waals surface area contributed by atoms with E-state index in [1.807, 2.05) is 6.92 Å². The number of aromatic carboxylic acids is 1. The van der Waals surface area contributed by atoms with Crippen LogP contribution < -0.4 is 0 Å². The Morgan fingerprint density at radius 2 is 2.41 bits per heavy atom. The van der Waals surface area contributed by atoms with Crippen molar-refractivity contribution in [1.82, 2.24) is 14.7 Å². The van der Waals surface area contributed by atoms with Crippen molar-refractivity contribution in [2.45, 2.75) is 32.2 Å². The first-order valence-electron chi connectivity index (χ1n) is 6.11. The molecule has 1 aromatic rings. The molecular formula is C12H19N3O2. The van der Waals surface area contributed by atoms with Crippen LogP contribution >= 0.6 is 0 Å². The number of carboxylic acid groups (broad SMARTS) is 1. The normalized spacial score (nSPS) is 21.6. The maximum Gasteiger partial charge on any atom is 0.339 e. The third-order valence-electron chi connectivity index (χ3n) is 3.36. The summed E-state index contributed by atoms with van der Waals surface area (Å²) >= 11 is 0. The molecule has 1 aliphatic rings. The number of rotatable bonds is 3. The van der Waals surface area contributed by atoms with E-state index in [0.717, 1.165) is 31.6 Å². The van der Waals surface area contributed by atoms with Crippen LogP contribution in [-0.2, 0) is 6.54 Å². The highest BCUT2D eigenvalue weighted by molar-refractivity contribution is 5.88. The topological polar surface area (TPSA) is 58.4 Å². The van der Waals surface area contributed by atoms with E-state index in [4.69, 9.17) is 0 Å². The van der Waals surface area contributed by atoms with Crippen LogP contribution in [0.2, 0.25) is 0 Å². The van der Waals surface area contributed by atoms with Gasteiger partial charge in [0, 0.05) is 25.2 Å². The van der Waals surface area contributed by atoms with E-state index in [-0.39, 0.29) is 5.92 Å². The number of piperidine rings is 1. The number of aromatic nitrogens is 2. The van der Waals surface area contributed by atoms with Crippen LogP contribution in [0.5, 0.6) is 0 Å². The van der Waals surface area contributed by atoms with E-state index < -0.39 is 5.97 Å². The van der Waals surface area contributed by atoms with Gasteiger partial charge in [-0.05, 0) is 33.4 Å². The lowest BCUT2D eigenvalue weighted by Gasteiger charge is -2.28. The second-order valence-corrected chi connectivity index (χ2v) is 4.69. The van der Waals surface area contributed by atoms with Crippen LogP contribution in [0.3, 0.4) is 0 Å². The van der Waals surface area contributed by atoms with Gasteiger partial charge in [0.1, 0.15) is 5.56 Å². The summed E-state index contributed by atoms with van der Waals surface area (Å²) in [6.45, 7) is 4.67.